The van der Waals surface area contributed by atoms with Gasteiger partial charge in [0.2, 0.25) is 5.76 Å². The number of benzene rings is 4. The average molecular weight is 506 g/mol. The minimum atomic E-state index is -0.705. The molecular weight excluding hydrogens is 481 g/mol. The molecule has 1 atom stereocenters. The number of carbonyl (C=O) groups is 1. The summed E-state index contributed by atoms with van der Waals surface area (Å²) in [6.07, 6.45) is 0. The fourth-order valence-corrected chi connectivity index (χ4v) is 5.14. The van der Waals surface area contributed by atoms with Crippen molar-refractivity contribution in [2.75, 3.05) is 0 Å². The zero-order valence-corrected chi connectivity index (χ0v) is 20.9. The monoisotopic (exact) mass is 505 g/mol. The fraction of sp³-hybridized carbons (Fsp3) is 0.125. The van der Waals surface area contributed by atoms with Crippen molar-refractivity contribution in [1.29, 1.82) is 0 Å². The summed E-state index contributed by atoms with van der Waals surface area (Å²) in [5, 5.41) is 0.444. The minimum Gasteiger partial charge on any atom is -0.457 e. The highest BCUT2D eigenvalue weighted by molar-refractivity contribution is 5.99. The number of rotatable bonds is 5. The number of aryl methyl sites for hydroxylation is 2. The number of para-hydroxylation sites is 1. The Balaban J connectivity index is 1.52. The Hall–Kier alpha value is -4.71. The van der Waals surface area contributed by atoms with Gasteiger partial charge in [-0.3, -0.25) is 9.59 Å². The molecule has 0 saturated carbocycles. The molecule has 0 N–H and O–H groups in total. The van der Waals surface area contributed by atoms with Gasteiger partial charge in [0.1, 0.15) is 22.9 Å². The van der Waals surface area contributed by atoms with Gasteiger partial charge in [0.25, 0.3) is 5.91 Å². The molecule has 0 radical (unpaired) electrons. The Morgan fingerprint density at radius 3 is 2.37 bits per heavy atom. The molecule has 6 heteroatoms. The lowest BCUT2D eigenvalue weighted by molar-refractivity contribution is 0.0714. The third-order valence-electron chi connectivity index (χ3n) is 6.82. The molecular formula is C32H24FNO4. The summed E-state index contributed by atoms with van der Waals surface area (Å²) in [4.78, 5) is 29.3. The number of amides is 1. The van der Waals surface area contributed by atoms with Crippen molar-refractivity contribution in [2.45, 2.75) is 26.4 Å². The summed E-state index contributed by atoms with van der Waals surface area (Å²) in [6.45, 7) is 3.96. The molecule has 2 heterocycles. The number of hydrogen-bond acceptors (Lipinski definition) is 4. The van der Waals surface area contributed by atoms with Gasteiger partial charge < -0.3 is 14.1 Å². The van der Waals surface area contributed by atoms with E-state index >= 15 is 0 Å². The molecule has 1 aliphatic heterocycles. The predicted molar refractivity (Wildman–Crippen MR) is 143 cm³/mol. The van der Waals surface area contributed by atoms with Crippen LogP contribution < -0.4 is 10.2 Å². The van der Waals surface area contributed by atoms with Crippen molar-refractivity contribution in [3.63, 3.8) is 0 Å². The van der Waals surface area contributed by atoms with Crippen molar-refractivity contribution in [3.8, 4) is 11.5 Å². The van der Waals surface area contributed by atoms with Crippen molar-refractivity contribution in [2.24, 2.45) is 0 Å². The van der Waals surface area contributed by atoms with E-state index in [0.717, 1.165) is 16.7 Å². The average Bonchev–Trinajstić information content (AvgIpc) is 3.18. The molecule has 38 heavy (non-hydrogen) atoms. The van der Waals surface area contributed by atoms with E-state index in [1.54, 1.807) is 23.1 Å². The second kappa shape index (κ2) is 9.30. The molecule has 1 unspecified atom stereocenters. The lowest BCUT2D eigenvalue weighted by Gasteiger charge is -2.25. The van der Waals surface area contributed by atoms with Crippen molar-refractivity contribution < 1.29 is 18.3 Å². The van der Waals surface area contributed by atoms with Crippen LogP contribution in [-0.4, -0.2) is 10.8 Å². The molecule has 1 amide bonds. The van der Waals surface area contributed by atoms with E-state index in [4.69, 9.17) is 9.15 Å². The molecule has 1 aromatic heterocycles. The van der Waals surface area contributed by atoms with Crippen LogP contribution in [0, 0.1) is 19.7 Å². The van der Waals surface area contributed by atoms with Crippen LogP contribution in [0.4, 0.5) is 4.39 Å². The third kappa shape index (κ3) is 4.14. The van der Waals surface area contributed by atoms with Gasteiger partial charge in [0, 0.05) is 6.54 Å². The second-order valence-corrected chi connectivity index (χ2v) is 9.58. The summed E-state index contributed by atoms with van der Waals surface area (Å²) in [7, 11) is 0. The van der Waals surface area contributed by atoms with Crippen LogP contribution in [0.15, 0.2) is 100 Å². The van der Waals surface area contributed by atoms with Gasteiger partial charge in [0.05, 0.1) is 17.0 Å². The number of hydrogen-bond donors (Lipinski definition) is 0. The van der Waals surface area contributed by atoms with E-state index in [9.17, 15) is 14.0 Å². The van der Waals surface area contributed by atoms with E-state index in [1.165, 1.54) is 12.1 Å². The first-order chi connectivity index (χ1) is 18.4. The van der Waals surface area contributed by atoms with Crippen LogP contribution in [0.25, 0.3) is 11.0 Å². The molecule has 0 fully saturated rings. The van der Waals surface area contributed by atoms with Crippen LogP contribution in [0.3, 0.4) is 0 Å². The third-order valence-corrected chi connectivity index (χ3v) is 6.82. The van der Waals surface area contributed by atoms with Crippen LogP contribution in [0.1, 0.15) is 44.4 Å². The standard InChI is InChI=1S/C32H24FNO4/c1-19-15-20(2)30-26(16-19)29(35)27-28(22-7-6-10-25(17-22)37-24-8-4-3-5-9-24)34(32(36)31(27)38-30)18-21-11-13-23(33)14-12-21/h3-17,28H,18H2,1-2H3. The molecule has 5 aromatic rings. The Morgan fingerprint density at radius 2 is 1.61 bits per heavy atom. The van der Waals surface area contributed by atoms with Crippen molar-refractivity contribution in [3.05, 3.63) is 141 Å². The maximum Gasteiger partial charge on any atom is 0.291 e. The fourth-order valence-electron chi connectivity index (χ4n) is 5.14. The van der Waals surface area contributed by atoms with Crippen LogP contribution in [0.2, 0.25) is 0 Å². The van der Waals surface area contributed by atoms with Gasteiger partial charge in [-0.15, -0.1) is 0 Å². The molecule has 5 nitrogen and oxygen atoms in total. The van der Waals surface area contributed by atoms with Crippen molar-refractivity contribution in [1.82, 2.24) is 4.90 Å². The first kappa shape index (κ1) is 23.7. The SMILES string of the molecule is Cc1cc(C)c2oc3c(c(=O)c2c1)C(c1cccc(Oc2ccccc2)c1)N(Cc1ccc(F)cc1)C3=O. The maximum absolute atomic E-state index is 14.0. The van der Waals surface area contributed by atoms with Crippen molar-refractivity contribution >= 4 is 16.9 Å². The van der Waals surface area contributed by atoms with Gasteiger partial charge in [-0.1, -0.05) is 48.5 Å². The summed E-state index contributed by atoms with van der Waals surface area (Å²) >= 11 is 0. The topological polar surface area (TPSA) is 59.8 Å². The van der Waals surface area contributed by atoms with Gasteiger partial charge in [0.15, 0.2) is 5.43 Å². The molecule has 6 rings (SSSR count). The summed E-state index contributed by atoms with van der Waals surface area (Å²) in [5.41, 5.74) is 3.65. The normalized spacial score (nSPS) is 14.7. The highest BCUT2D eigenvalue weighted by atomic mass is 19.1. The predicted octanol–water partition coefficient (Wildman–Crippen LogP) is 7.09. The Bertz CT molecular complexity index is 1740. The maximum atomic E-state index is 14.0. The molecule has 4 aromatic carbocycles. The lowest BCUT2D eigenvalue weighted by Crippen LogP contribution is -2.29. The molecule has 0 bridgehead atoms. The second-order valence-electron chi connectivity index (χ2n) is 9.58. The van der Waals surface area contributed by atoms with Gasteiger partial charge >= 0.3 is 0 Å². The van der Waals surface area contributed by atoms with E-state index in [-0.39, 0.29) is 29.5 Å². The zero-order valence-electron chi connectivity index (χ0n) is 20.9. The Morgan fingerprint density at radius 1 is 0.868 bits per heavy atom. The largest absolute Gasteiger partial charge is 0.457 e. The molecule has 188 valence electrons. The quantitative estimate of drug-likeness (QED) is 0.256. The first-order valence-corrected chi connectivity index (χ1v) is 12.4. The summed E-state index contributed by atoms with van der Waals surface area (Å²) in [5.74, 6) is 0.542. The Labute approximate surface area is 218 Å². The smallest absolute Gasteiger partial charge is 0.291 e. The minimum absolute atomic E-state index is 0.0379. The summed E-state index contributed by atoms with van der Waals surface area (Å²) < 4.78 is 25.8. The lowest BCUT2D eigenvalue weighted by atomic mass is 9.97. The number of halogens is 1. The van der Waals surface area contributed by atoms with Crippen LogP contribution in [0.5, 0.6) is 11.5 Å². The van der Waals surface area contributed by atoms with E-state index in [2.05, 4.69) is 0 Å². The van der Waals surface area contributed by atoms with Gasteiger partial charge in [-0.05, 0) is 78.6 Å². The highest BCUT2D eigenvalue weighted by Crippen LogP contribution is 2.40. The molecule has 0 spiro atoms. The van der Waals surface area contributed by atoms with Crippen LogP contribution in [-0.2, 0) is 6.54 Å². The van der Waals surface area contributed by atoms with E-state index in [0.29, 0.717) is 33.6 Å². The number of nitrogens with zero attached hydrogens (tertiary/aromatic N) is 1. The van der Waals surface area contributed by atoms with Gasteiger partial charge in [-0.25, -0.2) is 4.39 Å². The zero-order chi connectivity index (χ0) is 26.4. The number of ether oxygens (including phenoxy) is 1. The molecule has 0 saturated heterocycles. The van der Waals surface area contributed by atoms with Gasteiger partial charge in [-0.2, -0.15) is 0 Å². The Kier molecular flexibility index (Phi) is 5.80. The number of fused-ring (bicyclic) bond motifs is 2. The summed E-state index contributed by atoms with van der Waals surface area (Å²) in [6, 6.07) is 25.8. The molecule has 0 aliphatic carbocycles. The highest BCUT2D eigenvalue weighted by Gasteiger charge is 2.43. The number of carbonyl (C=O) groups excluding carboxylic acids is 1. The first-order valence-electron chi connectivity index (χ1n) is 12.4. The van der Waals surface area contributed by atoms with E-state index < -0.39 is 6.04 Å². The molecule has 1 aliphatic rings. The van der Waals surface area contributed by atoms with Crippen LogP contribution >= 0.6 is 0 Å². The van der Waals surface area contributed by atoms with E-state index in [1.807, 2.05) is 74.5 Å².